The van der Waals surface area contributed by atoms with Crippen molar-refractivity contribution in [1.29, 1.82) is 0 Å². The Kier molecular flexibility index (Phi) is 15.3. The van der Waals surface area contributed by atoms with E-state index in [0.29, 0.717) is 37.8 Å². The van der Waals surface area contributed by atoms with Crippen LogP contribution < -0.4 is 10.6 Å². The Labute approximate surface area is 270 Å². The smallest absolute Gasteiger partial charge is 0.409 e. The van der Waals surface area contributed by atoms with Crippen molar-refractivity contribution in [3.05, 3.63) is 34.9 Å². The molecule has 1 aromatic carbocycles. The summed E-state index contributed by atoms with van der Waals surface area (Å²) in [4.78, 5) is 41.3. The highest BCUT2D eigenvalue weighted by Crippen LogP contribution is 2.34. The lowest BCUT2D eigenvalue weighted by Crippen LogP contribution is -2.52. The molecule has 4 amide bonds. The van der Waals surface area contributed by atoms with Gasteiger partial charge in [-0.1, -0.05) is 64.1 Å². The van der Waals surface area contributed by atoms with Gasteiger partial charge in [0.15, 0.2) is 0 Å². The van der Waals surface area contributed by atoms with E-state index in [1.54, 1.807) is 11.9 Å². The molecule has 1 aliphatic heterocycles. The molecule has 3 atom stereocenters. The molecule has 0 radical (unpaired) electrons. The van der Waals surface area contributed by atoms with Gasteiger partial charge in [0.05, 0.1) is 26.4 Å². The number of ether oxygens (including phenoxy) is 3. The lowest BCUT2D eigenvalue weighted by molar-refractivity contribution is -0.00869. The molecule has 0 saturated carbocycles. The van der Waals surface area contributed by atoms with Gasteiger partial charge in [0.25, 0.3) is 0 Å². The third kappa shape index (κ3) is 14.5. The van der Waals surface area contributed by atoms with Gasteiger partial charge in [-0.05, 0) is 54.8 Å². The summed E-state index contributed by atoms with van der Waals surface area (Å²) in [5.41, 5.74) is 1.01. The van der Waals surface area contributed by atoms with Crippen LogP contribution in [0.3, 0.4) is 0 Å². The van der Waals surface area contributed by atoms with Gasteiger partial charge >= 0.3 is 18.2 Å². The molecule has 2 rings (SSSR count). The minimum atomic E-state index is -1.32. The molecular formula is C32H55ClN4O6Si. The number of likely N-dealkylation sites (N-methyl/N-ethyl adjacent to an activating group) is 1. The highest BCUT2D eigenvalue weighted by molar-refractivity contribution is 6.76. The van der Waals surface area contributed by atoms with E-state index in [-0.39, 0.29) is 42.2 Å². The number of likely N-dealkylation sites (tertiary alicyclic amines) is 1. The summed E-state index contributed by atoms with van der Waals surface area (Å²) in [5.74, 6) is 0.0307. The molecule has 1 fully saturated rings. The van der Waals surface area contributed by atoms with Gasteiger partial charge in [0, 0.05) is 58.3 Å². The molecule has 0 bridgehead atoms. The van der Waals surface area contributed by atoms with Crippen LogP contribution in [0, 0.1) is 11.3 Å². The number of carbonyl (C=O) groups excluding carboxylic acids is 3. The number of amides is 4. The first kappa shape index (κ1) is 37.7. The molecule has 0 aliphatic carbocycles. The van der Waals surface area contributed by atoms with Crippen molar-refractivity contribution in [2.45, 2.75) is 84.3 Å². The van der Waals surface area contributed by atoms with Gasteiger partial charge < -0.3 is 34.6 Å². The molecule has 3 unspecified atom stereocenters. The summed E-state index contributed by atoms with van der Waals surface area (Å²) < 4.78 is 16.5. The molecule has 12 heteroatoms. The van der Waals surface area contributed by atoms with Crippen molar-refractivity contribution in [3.63, 3.8) is 0 Å². The first-order chi connectivity index (χ1) is 20.6. The molecule has 2 N–H and O–H groups in total. The molecule has 44 heavy (non-hydrogen) atoms. The Bertz CT molecular complexity index is 1060. The number of carbonyl (C=O) groups is 3. The lowest BCUT2D eigenvalue weighted by Gasteiger charge is -2.38. The topological polar surface area (TPSA) is 109 Å². The molecule has 250 valence electrons. The van der Waals surface area contributed by atoms with Crippen LogP contribution in [0.1, 0.15) is 58.1 Å². The largest absolute Gasteiger partial charge is 0.453 e. The average molecular weight is 655 g/mol. The highest BCUT2D eigenvalue weighted by Gasteiger charge is 2.32. The van der Waals surface area contributed by atoms with E-state index in [2.05, 4.69) is 55.8 Å². The number of rotatable bonds is 14. The number of urea groups is 1. The molecule has 1 aromatic rings. The van der Waals surface area contributed by atoms with Crippen LogP contribution in [0.5, 0.6) is 0 Å². The maximum Gasteiger partial charge on any atom is 0.409 e. The van der Waals surface area contributed by atoms with Gasteiger partial charge in [0.2, 0.25) is 0 Å². The third-order valence-corrected chi connectivity index (χ3v) is 9.60. The fraction of sp³-hybridized carbons (Fsp3) is 0.719. The Balaban J connectivity index is 2.09. The highest BCUT2D eigenvalue weighted by atomic mass is 35.5. The van der Waals surface area contributed by atoms with Crippen molar-refractivity contribution in [2.24, 2.45) is 11.3 Å². The van der Waals surface area contributed by atoms with Gasteiger partial charge in [-0.15, -0.1) is 0 Å². The van der Waals surface area contributed by atoms with Gasteiger partial charge in [0.1, 0.15) is 0 Å². The summed E-state index contributed by atoms with van der Waals surface area (Å²) in [5, 5.41) is 6.48. The zero-order chi connectivity index (χ0) is 32.9. The Morgan fingerprint density at radius 1 is 1.18 bits per heavy atom. The summed E-state index contributed by atoms with van der Waals surface area (Å²) in [6.45, 7) is 15.8. The molecular weight excluding hydrogens is 600 g/mol. The predicted octanol–water partition coefficient (Wildman–Crippen LogP) is 6.78. The zero-order valence-electron chi connectivity index (χ0n) is 28.0. The number of benzene rings is 1. The van der Waals surface area contributed by atoms with Gasteiger partial charge in [-0.25, -0.2) is 14.4 Å². The second-order valence-electron chi connectivity index (χ2n) is 14.2. The number of nitrogens with zero attached hydrogens (tertiary/aromatic N) is 2. The van der Waals surface area contributed by atoms with E-state index >= 15 is 0 Å². The van der Waals surface area contributed by atoms with Crippen LogP contribution in [-0.4, -0.2) is 95.7 Å². The van der Waals surface area contributed by atoms with Gasteiger partial charge in [-0.2, -0.15) is 0 Å². The van der Waals surface area contributed by atoms with E-state index in [9.17, 15) is 14.4 Å². The van der Waals surface area contributed by atoms with Crippen molar-refractivity contribution in [3.8, 4) is 0 Å². The minimum absolute atomic E-state index is 0.0307. The van der Waals surface area contributed by atoms with E-state index in [4.69, 9.17) is 21.1 Å². The van der Waals surface area contributed by atoms with Crippen LogP contribution in [0.25, 0.3) is 0 Å². The van der Waals surface area contributed by atoms with E-state index in [0.717, 1.165) is 37.3 Å². The Hall–Kier alpha value is -2.50. The maximum absolute atomic E-state index is 13.7. The van der Waals surface area contributed by atoms with E-state index in [1.165, 1.54) is 7.11 Å². The number of hydrogen-bond donors (Lipinski definition) is 2. The second-order valence-corrected chi connectivity index (χ2v) is 20.2. The summed E-state index contributed by atoms with van der Waals surface area (Å²) in [6, 6.07) is 8.12. The second kappa shape index (κ2) is 17.8. The fourth-order valence-corrected chi connectivity index (χ4v) is 6.00. The normalized spacial score (nSPS) is 16.9. The predicted molar refractivity (Wildman–Crippen MR) is 178 cm³/mol. The third-order valence-electron chi connectivity index (χ3n) is 7.66. The quantitative estimate of drug-likeness (QED) is 0.169. The average Bonchev–Trinajstić information content (AvgIpc) is 2.94. The van der Waals surface area contributed by atoms with E-state index in [1.807, 2.05) is 29.2 Å². The van der Waals surface area contributed by atoms with E-state index < -0.39 is 14.2 Å². The first-order valence-corrected chi connectivity index (χ1v) is 19.8. The maximum atomic E-state index is 13.7. The zero-order valence-corrected chi connectivity index (χ0v) is 29.8. The molecule has 0 spiro atoms. The number of nitrogens with one attached hydrogen (secondary N) is 2. The first-order valence-electron chi connectivity index (χ1n) is 15.7. The van der Waals surface area contributed by atoms with Crippen LogP contribution in [0.2, 0.25) is 30.7 Å². The number of methoxy groups -OCH3 is 1. The van der Waals surface area contributed by atoms with Crippen LogP contribution in [-0.2, 0) is 14.2 Å². The molecule has 1 aliphatic rings. The summed E-state index contributed by atoms with van der Waals surface area (Å²) in [7, 11) is 1.73. The summed E-state index contributed by atoms with van der Waals surface area (Å²) in [6.07, 6.45) is 2.15. The van der Waals surface area contributed by atoms with Crippen molar-refractivity contribution in [2.75, 3.05) is 53.6 Å². The van der Waals surface area contributed by atoms with Crippen LogP contribution in [0.4, 0.5) is 14.4 Å². The van der Waals surface area contributed by atoms with Crippen LogP contribution >= 0.6 is 11.6 Å². The number of halogens is 1. The fourth-order valence-electron chi connectivity index (χ4n) is 5.08. The molecule has 1 saturated heterocycles. The Morgan fingerprint density at radius 3 is 2.55 bits per heavy atom. The number of hydrogen-bond acceptors (Lipinski definition) is 6. The SMILES string of the molecule is COC(=O)NCCOC(c1cccc(Cl)c1)C1CCCN(C(=O)NC(CCC(C)(C)C)CN(C)C(=O)OCC[Si](C)(C)C)C1. The van der Waals surface area contributed by atoms with Crippen LogP contribution in [0.15, 0.2) is 24.3 Å². The summed E-state index contributed by atoms with van der Waals surface area (Å²) >= 11 is 6.32. The number of piperidine rings is 1. The minimum Gasteiger partial charge on any atom is -0.453 e. The monoisotopic (exact) mass is 654 g/mol. The number of alkyl carbamates (subject to hydrolysis) is 1. The lowest BCUT2D eigenvalue weighted by atomic mass is 9.88. The van der Waals surface area contributed by atoms with Crippen molar-refractivity contribution < 1.29 is 28.6 Å². The molecule has 1 heterocycles. The van der Waals surface area contributed by atoms with Gasteiger partial charge in [-0.3, -0.25) is 0 Å². The molecule has 10 nitrogen and oxygen atoms in total. The standard InChI is InChI=1S/C32H55ClN4O6Si/c1-32(2,3)15-14-27(23-36(4)31(40)43-19-20-44(6,7)8)35-29(38)37-17-10-12-25(22-37)28(24-11-9-13-26(33)21-24)42-18-16-34-30(39)41-5/h9,11,13,21,25,27-28H,10,12,14-20,22-23H2,1-8H3,(H,34,39)(H,35,38). The van der Waals surface area contributed by atoms with Crippen molar-refractivity contribution in [1.82, 2.24) is 20.4 Å². The van der Waals surface area contributed by atoms with Crippen molar-refractivity contribution >= 4 is 37.9 Å². The molecule has 0 aromatic heterocycles. The Morgan fingerprint density at radius 2 is 1.91 bits per heavy atom.